The number of phenols is 1. The summed E-state index contributed by atoms with van der Waals surface area (Å²) in [5.74, 6) is 1.12. The second kappa shape index (κ2) is 4.97. The quantitative estimate of drug-likeness (QED) is 0.878. The predicted octanol–water partition coefficient (Wildman–Crippen LogP) is 2.29. The van der Waals surface area contributed by atoms with Crippen LogP contribution in [0, 0.1) is 6.92 Å². The summed E-state index contributed by atoms with van der Waals surface area (Å²) in [6.45, 7) is 4.64. The topological polar surface area (TPSA) is 68.4 Å². The molecule has 0 amide bonds. The third-order valence-electron chi connectivity index (χ3n) is 2.44. The molecule has 0 atom stereocenters. The average Bonchev–Trinajstić information content (AvgIpc) is 2.78. The van der Waals surface area contributed by atoms with Crippen molar-refractivity contribution in [3.8, 4) is 17.2 Å². The normalized spacial score (nSPS) is 10.7. The maximum absolute atomic E-state index is 9.60. The minimum Gasteiger partial charge on any atom is -0.508 e. The zero-order valence-corrected chi connectivity index (χ0v) is 9.80. The summed E-state index contributed by atoms with van der Waals surface area (Å²) in [6, 6.07) is 5.19. The Morgan fingerprint density at radius 3 is 3.00 bits per heavy atom. The Kier molecular flexibility index (Phi) is 3.39. The highest BCUT2D eigenvalue weighted by Crippen LogP contribution is 2.27. The van der Waals surface area contributed by atoms with E-state index in [-0.39, 0.29) is 5.75 Å². The molecular weight excluding hydrogens is 220 g/mol. The zero-order valence-electron chi connectivity index (χ0n) is 9.80. The van der Waals surface area contributed by atoms with Crippen LogP contribution in [0.2, 0.25) is 0 Å². The molecule has 1 aromatic heterocycles. The molecule has 0 aliphatic carbocycles. The van der Waals surface area contributed by atoms with Crippen LogP contribution in [0.5, 0.6) is 5.75 Å². The zero-order chi connectivity index (χ0) is 12.3. The van der Waals surface area contributed by atoms with Crippen LogP contribution in [0.25, 0.3) is 11.5 Å². The smallest absolute Gasteiger partial charge is 0.258 e. The van der Waals surface area contributed by atoms with Gasteiger partial charge in [0.05, 0.1) is 0 Å². The number of phenolic OH excluding ortho intramolecular Hbond substituents is 1. The number of nitrogens with zero attached hydrogens (tertiary/aromatic N) is 2. The van der Waals surface area contributed by atoms with E-state index < -0.39 is 0 Å². The SMILES string of the molecule is CCOCc1noc(-c2cccc(O)c2C)n1. The Bertz CT molecular complexity index is 508. The van der Waals surface area contributed by atoms with E-state index in [1.807, 2.05) is 13.0 Å². The Hall–Kier alpha value is -1.88. The Balaban J connectivity index is 2.27. The molecule has 0 aliphatic rings. The Labute approximate surface area is 99.0 Å². The summed E-state index contributed by atoms with van der Waals surface area (Å²) in [5, 5.41) is 13.4. The fraction of sp³-hybridized carbons (Fsp3) is 0.333. The van der Waals surface area contributed by atoms with Crippen molar-refractivity contribution in [2.75, 3.05) is 6.61 Å². The van der Waals surface area contributed by atoms with Crippen molar-refractivity contribution in [3.63, 3.8) is 0 Å². The molecule has 2 aromatic rings. The van der Waals surface area contributed by atoms with Gasteiger partial charge in [0.25, 0.3) is 5.89 Å². The molecule has 1 heterocycles. The molecule has 5 heteroatoms. The van der Waals surface area contributed by atoms with E-state index >= 15 is 0 Å². The number of aromatic hydroxyl groups is 1. The fourth-order valence-electron chi connectivity index (χ4n) is 1.47. The number of hydrogen-bond donors (Lipinski definition) is 1. The average molecular weight is 234 g/mol. The molecule has 0 radical (unpaired) electrons. The van der Waals surface area contributed by atoms with Crippen LogP contribution in [0.4, 0.5) is 0 Å². The molecule has 0 bridgehead atoms. The molecule has 1 aromatic carbocycles. The third-order valence-corrected chi connectivity index (χ3v) is 2.44. The van der Waals surface area contributed by atoms with Gasteiger partial charge in [0.15, 0.2) is 5.82 Å². The predicted molar refractivity (Wildman–Crippen MR) is 61.5 cm³/mol. The summed E-state index contributed by atoms with van der Waals surface area (Å²) in [7, 11) is 0. The standard InChI is InChI=1S/C12H14N2O3/c1-3-16-7-11-13-12(17-14-11)9-5-4-6-10(15)8(9)2/h4-6,15H,3,7H2,1-2H3. The number of hydrogen-bond acceptors (Lipinski definition) is 5. The molecule has 5 nitrogen and oxygen atoms in total. The molecule has 0 fully saturated rings. The summed E-state index contributed by atoms with van der Waals surface area (Å²) >= 11 is 0. The van der Waals surface area contributed by atoms with Crippen molar-refractivity contribution in [2.45, 2.75) is 20.5 Å². The summed E-state index contributed by atoms with van der Waals surface area (Å²) in [6.07, 6.45) is 0. The van der Waals surface area contributed by atoms with Crippen LogP contribution in [0.3, 0.4) is 0 Å². The van der Waals surface area contributed by atoms with Gasteiger partial charge in [0, 0.05) is 17.7 Å². The molecule has 2 rings (SSSR count). The summed E-state index contributed by atoms with van der Waals surface area (Å²) in [5.41, 5.74) is 1.46. The first-order chi connectivity index (χ1) is 8.22. The minimum atomic E-state index is 0.215. The minimum absolute atomic E-state index is 0.215. The Morgan fingerprint density at radius 1 is 1.41 bits per heavy atom. The molecule has 0 aliphatic heterocycles. The van der Waals surface area contributed by atoms with Crippen molar-refractivity contribution in [3.05, 3.63) is 29.6 Å². The van der Waals surface area contributed by atoms with Gasteiger partial charge in [-0.15, -0.1) is 0 Å². The van der Waals surface area contributed by atoms with Gasteiger partial charge in [-0.1, -0.05) is 11.2 Å². The molecule has 1 N–H and O–H groups in total. The van der Waals surface area contributed by atoms with Gasteiger partial charge in [-0.2, -0.15) is 4.98 Å². The third kappa shape index (κ3) is 2.45. The van der Waals surface area contributed by atoms with Crippen molar-refractivity contribution in [1.82, 2.24) is 10.1 Å². The van der Waals surface area contributed by atoms with Crippen molar-refractivity contribution < 1.29 is 14.4 Å². The van der Waals surface area contributed by atoms with Gasteiger partial charge >= 0.3 is 0 Å². The Morgan fingerprint density at radius 2 is 2.24 bits per heavy atom. The lowest BCUT2D eigenvalue weighted by Gasteiger charge is -2.01. The van der Waals surface area contributed by atoms with E-state index in [0.29, 0.717) is 24.9 Å². The highest BCUT2D eigenvalue weighted by molar-refractivity contribution is 5.61. The molecule has 0 saturated carbocycles. The molecule has 0 unspecified atom stereocenters. The van der Waals surface area contributed by atoms with E-state index in [4.69, 9.17) is 9.26 Å². The number of aromatic nitrogens is 2. The van der Waals surface area contributed by atoms with Crippen LogP contribution in [-0.4, -0.2) is 21.9 Å². The molecule has 90 valence electrons. The van der Waals surface area contributed by atoms with Gasteiger partial charge in [-0.05, 0) is 26.0 Å². The van der Waals surface area contributed by atoms with E-state index in [1.165, 1.54) is 0 Å². The van der Waals surface area contributed by atoms with Crippen molar-refractivity contribution in [2.24, 2.45) is 0 Å². The summed E-state index contributed by atoms with van der Waals surface area (Å²) in [4.78, 5) is 4.21. The van der Waals surface area contributed by atoms with Gasteiger partial charge in [-0.25, -0.2) is 0 Å². The lowest BCUT2D eigenvalue weighted by Crippen LogP contribution is -1.93. The largest absolute Gasteiger partial charge is 0.508 e. The number of ether oxygens (including phenoxy) is 1. The van der Waals surface area contributed by atoms with Crippen molar-refractivity contribution in [1.29, 1.82) is 0 Å². The second-order valence-corrected chi connectivity index (χ2v) is 3.60. The van der Waals surface area contributed by atoms with Crippen LogP contribution < -0.4 is 0 Å². The van der Waals surface area contributed by atoms with Crippen LogP contribution >= 0.6 is 0 Å². The van der Waals surface area contributed by atoms with Crippen LogP contribution in [0.15, 0.2) is 22.7 Å². The molecular formula is C12H14N2O3. The molecule has 0 saturated heterocycles. The first-order valence-electron chi connectivity index (χ1n) is 5.41. The lowest BCUT2D eigenvalue weighted by molar-refractivity contribution is 0.126. The second-order valence-electron chi connectivity index (χ2n) is 3.60. The fourth-order valence-corrected chi connectivity index (χ4v) is 1.47. The maximum atomic E-state index is 9.60. The number of rotatable bonds is 4. The highest BCUT2D eigenvalue weighted by atomic mass is 16.5. The maximum Gasteiger partial charge on any atom is 0.258 e. The summed E-state index contributed by atoms with van der Waals surface area (Å²) < 4.78 is 10.3. The highest BCUT2D eigenvalue weighted by Gasteiger charge is 2.12. The van der Waals surface area contributed by atoms with E-state index in [1.54, 1.807) is 19.1 Å². The molecule has 17 heavy (non-hydrogen) atoms. The van der Waals surface area contributed by atoms with E-state index in [9.17, 15) is 5.11 Å². The number of benzene rings is 1. The lowest BCUT2D eigenvalue weighted by atomic mass is 10.1. The van der Waals surface area contributed by atoms with Crippen molar-refractivity contribution >= 4 is 0 Å². The van der Waals surface area contributed by atoms with Gasteiger partial charge in [0.1, 0.15) is 12.4 Å². The first kappa shape index (κ1) is 11.6. The monoisotopic (exact) mass is 234 g/mol. The van der Waals surface area contributed by atoms with Gasteiger partial charge < -0.3 is 14.4 Å². The molecule has 0 spiro atoms. The van der Waals surface area contributed by atoms with Crippen LogP contribution in [0.1, 0.15) is 18.3 Å². The van der Waals surface area contributed by atoms with E-state index in [0.717, 1.165) is 11.1 Å². The van der Waals surface area contributed by atoms with Gasteiger partial charge in [-0.3, -0.25) is 0 Å². The first-order valence-corrected chi connectivity index (χ1v) is 5.41. The van der Waals surface area contributed by atoms with Crippen LogP contribution in [-0.2, 0) is 11.3 Å². The van der Waals surface area contributed by atoms with Gasteiger partial charge in [0.2, 0.25) is 0 Å². The van der Waals surface area contributed by atoms with E-state index in [2.05, 4.69) is 10.1 Å².